The summed E-state index contributed by atoms with van der Waals surface area (Å²) in [5, 5.41) is 0. The molecule has 84 valence electrons. The van der Waals surface area contributed by atoms with Crippen LogP contribution >= 0.6 is 0 Å². The molecule has 0 unspecified atom stereocenters. The lowest BCUT2D eigenvalue weighted by Gasteiger charge is -2.00. The largest absolute Gasteiger partial charge is 0.370 e. The number of carbonyl (C=O) groups excluding carboxylic acids is 1. The Morgan fingerprint density at radius 3 is 1.71 bits per heavy atom. The highest BCUT2D eigenvalue weighted by Gasteiger charge is 1.95. The fourth-order valence-electron chi connectivity index (χ4n) is 1.45. The molecular weight excluding hydrogens is 181 g/mol. The predicted octanol–water partition coefficient (Wildman–Crippen LogP) is 2.95. The van der Waals surface area contributed by atoms with E-state index in [0.717, 1.165) is 25.7 Å². The Hall–Kier alpha value is -0.600. The lowest BCUT2D eigenvalue weighted by atomic mass is 10.1. The molecule has 0 aromatic heterocycles. The quantitative estimate of drug-likeness (QED) is 0.545. The third-order valence-corrected chi connectivity index (χ3v) is 2.31. The Morgan fingerprint density at radius 1 is 0.857 bits per heavy atom. The van der Waals surface area contributed by atoms with Crippen LogP contribution in [-0.2, 0) is 4.79 Å². The van der Waals surface area contributed by atoms with Gasteiger partial charge in [0.2, 0.25) is 5.91 Å². The number of unbranched alkanes of at least 4 members (excludes halogenated alkanes) is 7. The lowest BCUT2D eigenvalue weighted by molar-refractivity contribution is -0.118. The van der Waals surface area contributed by atoms with Gasteiger partial charge in [-0.1, -0.05) is 38.5 Å². The molecule has 0 atom stereocenters. The molecule has 0 aromatic rings. The molecule has 0 rings (SSSR count). The van der Waals surface area contributed by atoms with Gasteiger partial charge in [0.25, 0.3) is 0 Å². The number of primary amides is 1. The molecular formula is C11H22FNO. The molecule has 0 saturated heterocycles. The predicted molar refractivity (Wildman–Crippen MR) is 56.7 cm³/mol. The van der Waals surface area contributed by atoms with E-state index in [0.29, 0.717) is 12.8 Å². The van der Waals surface area contributed by atoms with Crippen LogP contribution in [0.3, 0.4) is 0 Å². The summed E-state index contributed by atoms with van der Waals surface area (Å²) in [6, 6.07) is 0. The summed E-state index contributed by atoms with van der Waals surface area (Å²) in [6.45, 7) is -0.182. The molecule has 2 N–H and O–H groups in total. The van der Waals surface area contributed by atoms with E-state index in [1.165, 1.54) is 19.3 Å². The molecule has 0 aliphatic carbocycles. The first-order valence-corrected chi connectivity index (χ1v) is 5.61. The second-order valence-corrected chi connectivity index (χ2v) is 3.73. The van der Waals surface area contributed by atoms with E-state index in [1.54, 1.807) is 0 Å². The van der Waals surface area contributed by atoms with Crippen LogP contribution in [-0.4, -0.2) is 12.6 Å². The number of hydrogen-bond acceptors (Lipinski definition) is 1. The lowest BCUT2D eigenvalue weighted by Crippen LogP contribution is -2.09. The smallest absolute Gasteiger partial charge is 0.217 e. The summed E-state index contributed by atoms with van der Waals surface area (Å²) >= 11 is 0. The number of carbonyl (C=O) groups is 1. The van der Waals surface area contributed by atoms with Gasteiger partial charge in [-0.25, -0.2) is 0 Å². The fourth-order valence-corrected chi connectivity index (χ4v) is 1.45. The van der Waals surface area contributed by atoms with E-state index in [4.69, 9.17) is 5.73 Å². The van der Waals surface area contributed by atoms with Crippen LogP contribution in [0.25, 0.3) is 0 Å². The van der Waals surface area contributed by atoms with Crippen LogP contribution in [0.2, 0.25) is 0 Å². The molecule has 1 amide bonds. The number of nitrogens with two attached hydrogens (primary N) is 1. The van der Waals surface area contributed by atoms with E-state index >= 15 is 0 Å². The third-order valence-electron chi connectivity index (χ3n) is 2.31. The highest BCUT2D eigenvalue weighted by atomic mass is 19.1. The van der Waals surface area contributed by atoms with Gasteiger partial charge in [0.15, 0.2) is 0 Å². The second-order valence-electron chi connectivity index (χ2n) is 3.73. The SMILES string of the molecule is NC(=O)CCCCCCCCCCF. The van der Waals surface area contributed by atoms with Crippen molar-refractivity contribution in [1.29, 1.82) is 0 Å². The zero-order valence-corrected chi connectivity index (χ0v) is 8.93. The standard InChI is InChI=1S/C11H22FNO/c12-10-8-6-4-2-1-3-5-7-9-11(13)14/h1-10H2,(H2,13,14). The van der Waals surface area contributed by atoms with E-state index < -0.39 is 0 Å². The summed E-state index contributed by atoms with van der Waals surface area (Å²) < 4.78 is 11.7. The highest BCUT2D eigenvalue weighted by Crippen LogP contribution is 2.09. The zero-order valence-electron chi connectivity index (χ0n) is 8.93. The van der Waals surface area contributed by atoms with Gasteiger partial charge in [-0.05, 0) is 12.8 Å². The average Bonchev–Trinajstić information content (AvgIpc) is 2.15. The summed E-state index contributed by atoms with van der Waals surface area (Å²) in [5.41, 5.74) is 5.01. The number of alkyl halides is 1. The molecule has 0 spiro atoms. The minimum atomic E-state index is -0.201. The van der Waals surface area contributed by atoms with Crippen molar-refractivity contribution in [3.8, 4) is 0 Å². The normalized spacial score (nSPS) is 10.4. The Morgan fingerprint density at radius 2 is 1.29 bits per heavy atom. The first-order valence-electron chi connectivity index (χ1n) is 5.61. The first-order chi connectivity index (χ1) is 6.77. The van der Waals surface area contributed by atoms with Crippen LogP contribution in [0.15, 0.2) is 0 Å². The Bertz CT molecular complexity index is 139. The van der Waals surface area contributed by atoms with Crippen molar-refractivity contribution in [2.24, 2.45) is 5.73 Å². The average molecular weight is 203 g/mol. The molecule has 0 saturated carbocycles. The highest BCUT2D eigenvalue weighted by molar-refractivity contribution is 5.73. The minimum Gasteiger partial charge on any atom is -0.370 e. The fraction of sp³-hybridized carbons (Fsp3) is 0.909. The molecule has 0 radical (unpaired) electrons. The Balaban J connectivity index is 2.88. The topological polar surface area (TPSA) is 43.1 Å². The van der Waals surface area contributed by atoms with Gasteiger partial charge in [-0.2, -0.15) is 0 Å². The Labute approximate surface area is 86.1 Å². The van der Waals surface area contributed by atoms with Gasteiger partial charge < -0.3 is 5.73 Å². The van der Waals surface area contributed by atoms with E-state index in [-0.39, 0.29) is 12.6 Å². The van der Waals surface area contributed by atoms with Crippen LogP contribution < -0.4 is 5.73 Å². The molecule has 0 heterocycles. The molecule has 0 aliphatic heterocycles. The number of hydrogen-bond donors (Lipinski definition) is 1. The van der Waals surface area contributed by atoms with Crippen LogP contribution in [0, 0.1) is 0 Å². The van der Waals surface area contributed by atoms with Gasteiger partial charge in [-0.3, -0.25) is 9.18 Å². The van der Waals surface area contributed by atoms with Crippen LogP contribution in [0.4, 0.5) is 4.39 Å². The van der Waals surface area contributed by atoms with Crippen LogP contribution in [0.5, 0.6) is 0 Å². The second kappa shape index (κ2) is 10.5. The van der Waals surface area contributed by atoms with Crippen molar-refractivity contribution >= 4 is 5.91 Å². The molecule has 0 fully saturated rings. The number of rotatable bonds is 10. The first kappa shape index (κ1) is 13.4. The van der Waals surface area contributed by atoms with Gasteiger partial charge in [0, 0.05) is 6.42 Å². The van der Waals surface area contributed by atoms with Crippen molar-refractivity contribution in [3.63, 3.8) is 0 Å². The summed E-state index contributed by atoms with van der Waals surface area (Å²) in [7, 11) is 0. The molecule has 14 heavy (non-hydrogen) atoms. The van der Waals surface area contributed by atoms with E-state index in [1.807, 2.05) is 0 Å². The molecule has 3 heteroatoms. The van der Waals surface area contributed by atoms with Crippen LogP contribution in [0.1, 0.15) is 57.8 Å². The van der Waals surface area contributed by atoms with E-state index in [2.05, 4.69) is 0 Å². The molecule has 2 nitrogen and oxygen atoms in total. The maximum Gasteiger partial charge on any atom is 0.217 e. The maximum absolute atomic E-state index is 11.7. The molecule has 0 aromatic carbocycles. The van der Waals surface area contributed by atoms with Crippen molar-refractivity contribution in [1.82, 2.24) is 0 Å². The van der Waals surface area contributed by atoms with Crippen molar-refractivity contribution in [2.45, 2.75) is 57.8 Å². The summed E-state index contributed by atoms with van der Waals surface area (Å²) in [4.78, 5) is 10.4. The third kappa shape index (κ3) is 11.4. The number of amides is 1. The zero-order chi connectivity index (χ0) is 10.6. The Kier molecular flexibility index (Phi) is 10.0. The molecule has 0 aliphatic rings. The summed E-state index contributed by atoms with van der Waals surface area (Å²) in [5.74, 6) is -0.201. The van der Waals surface area contributed by atoms with Crippen molar-refractivity contribution < 1.29 is 9.18 Å². The van der Waals surface area contributed by atoms with Gasteiger partial charge in [0.1, 0.15) is 0 Å². The molecule has 0 bridgehead atoms. The van der Waals surface area contributed by atoms with Crippen molar-refractivity contribution in [2.75, 3.05) is 6.67 Å². The monoisotopic (exact) mass is 203 g/mol. The van der Waals surface area contributed by atoms with Gasteiger partial charge in [0.05, 0.1) is 6.67 Å². The maximum atomic E-state index is 11.7. The van der Waals surface area contributed by atoms with Gasteiger partial charge in [-0.15, -0.1) is 0 Å². The summed E-state index contributed by atoms with van der Waals surface area (Å²) in [6.07, 6.45) is 8.94. The minimum absolute atomic E-state index is 0.182. The van der Waals surface area contributed by atoms with E-state index in [9.17, 15) is 9.18 Å². The number of halogens is 1. The van der Waals surface area contributed by atoms with Crippen molar-refractivity contribution in [3.05, 3.63) is 0 Å². The van der Waals surface area contributed by atoms with Gasteiger partial charge >= 0.3 is 0 Å².